The lowest BCUT2D eigenvalue weighted by molar-refractivity contribution is 0.325. The van der Waals surface area contributed by atoms with E-state index in [4.69, 9.17) is 4.52 Å². The summed E-state index contributed by atoms with van der Waals surface area (Å²) in [6.07, 6.45) is 7.33. The number of hydrogen-bond acceptors (Lipinski definition) is 6. The Morgan fingerprint density at radius 2 is 2.17 bits per heavy atom. The maximum Gasteiger partial charge on any atom is 0.240 e. The second kappa shape index (κ2) is 6.70. The van der Waals surface area contributed by atoms with Gasteiger partial charge in [0.1, 0.15) is 0 Å². The van der Waals surface area contributed by atoms with E-state index < -0.39 is 0 Å². The molecule has 3 rings (SSSR count). The van der Waals surface area contributed by atoms with Gasteiger partial charge in [-0.15, -0.1) is 0 Å². The highest BCUT2D eigenvalue weighted by molar-refractivity contribution is 5.51. The van der Waals surface area contributed by atoms with Crippen molar-refractivity contribution < 1.29 is 4.52 Å². The molecule has 7 heteroatoms. The molecule has 0 radical (unpaired) electrons. The quantitative estimate of drug-likeness (QED) is 0.752. The average Bonchev–Trinajstić information content (AvgIpc) is 3.22. The lowest BCUT2D eigenvalue weighted by Crippen LogP contribution is -2.33. The number of aromatic nitrogens is 5. The lowest BCUT2D eigenvalue weighted by atomic mass is 10.2. The van der Waals surface area contributed by atoms with Crippen LogP contribution in [0, 0.1) is 6.92 Å². The molecule has 0 aromatic carbocycles. The third-order valence-electron chi connectivity index (χ3n) is 3.83. The van der Waals surface area contributed by atoms with Gasteiger partial charge in [0, 0.05) is 30.2 Å². The molecule has 0 spiro atoms. The van der Waals surface area contributed by atoms with Gasteiger partial charge in [-0.3, -0.25) is 9.67 Å². The molecule has 0 bridgehead atoms. The molecule has 3 heterocycles. The third kappa shape index (κ3) is 3.62. The number of pyridine rings is 1. The summed E-state index contributed by atoms with van der Waals surface area (Å²) >= 11 is 0. The van der Waals surface area contributed by atoms with E-state index in [1.807, 2.05) is 36.1 Å². The summed E-state index contributed by atoms with van der Waals surface area (Å²) < 4.78 is 7.25. The summed E-state index contributed by atoms with van der Waals surface area (Å²) in [5, 5.41) is 11.7. The highest BCUT2D eigenvalue weighted by Gasteiger charge is 2.16. The summed E-state index contributed by atoms with van der Waals surface area (Å²) in [6, 6.07) is 4.19. The van der Waals surface area contributed by atoms with Crippen molar-refractivity contribution in [3.8, 4) is 11.4 Å². The molecule has 0 saturated carbocycles. The second-order valence-electron chi connectivity index (χ2n) is 5.66. The molecule has 1 N–H and O–H groups in total. The molecule has 0 saturated heterocycles. The summed E-state index contributed by atoms with van der Waals surface area (Å²) in [6.45, 7) is 6.78. The molecule has 120 valence electrons. The third-order valence-corrected chi connectivity index (χ3v) is 3.83. The predicted octanol–water partition coefficient (Wildman–Crippen LogP) is 2.38. The molecule has 2 unspecified atom stereocenters. The molecular formula is C16H20N6O. The first-order chi connectivity index (χ1) is 11.1. The molecule has 0 aliphatic heterocycles. The number of rotatable bonds is 6. The second-order valence-corrected chi connectivity index (χ2v) is 5.66. The van der Waals surface area contributed by atoms with E-state index in [1.54, 1.807) is 12.4 Å². The largest absolute Gasteiger partial charge is 0.338 e. The Balaban J connectivity index is 1.59. The SMILES string of the molecule is Cc1cnn(C(C)C(C)NCc2nc(-c3cccnc3)no2)c1. The Morgan fingerprint density at radius 1 is 1.30 bits per heavy atom. The minimum Gasteiger partial charge on any atom is -0.338 e. The van der Waals surface area contributed by atoms with Crippen LogP contribution >= 0.6 is 0 Å². The van der Waals surface area contributed by atoms with Crippen LogP contribution < -0.4 is 5.32 Å². The Kier molecular flexibility index (Phi) is 4.47. The Hall–Kier alpha value is -2.54. The van der Waals surface area contributed by atoms with Gasteiger partial charge in [-0.1, -0.05) is 5.16 Å². The van der Waals surface area contributed by atoms with E-state index in [-0.39, 0.29) is 12.1 Å². The van der Waals surface area contributed by atoms with Gasteiger partial charge in [0.25, 0.3) is 0 Å². The fourth-order valence-corrected chi connectivity index (χ4v) is 2.24. The molecule has 3 aromatic heterocycles. The first kappa shape index (κ1) is 15.4. The van der Waals surface area contributed by atoms with Crippen molar-refractivity contribution >= 4 is 0 Å². The van der Waals surface area contributed by atoms with Gasteiger partial charge in [-0.25, -0.2) is 0 Å². The van der Waals surface area contributed by atoms with Crippen molar-refractivity contribution in [3.63, 3.8) is 0 Å². The first-order valence-electron chi connectivity index (χ1n) is 7.60. The zero-order valence-corrected chi connectivity index (χ0v) is 13.5. The van der Waals surface area contributed by atoms with E-state index >= 15 is 0 Å². The van der Waals surface area contributed by atoms with E-state index in [2.05, 4.69) is 39.4 Å². The van der Waals surface area contributed by atoms with Crippen molar-refractivity contribution in [3.05, 3.63) is 48.4 Å². The van der Waals surface area contributed by atoms with Crippen molar-refractivity contribution in [1.29, 1.82) is 0 Å². The minimum absolute atomic E-state index is 0.211. The van der Waals surface area contributed by atoms with Crippen molar-refractivity contribution in [2.45, 2.75) is 39.4 Å². The van der Waals surface area contributed by atoms with Crippen LogP contribution in [0.4, 0.5) is 0 Å². The van der Waals surface area contributed by atoms with Gasteiger partial charge < -0.3 is 9.84 Å². The van der Waals surface area contributed by atoms with E-state index in [1.165, 1.54) is 0 Å². The minimum atomic E-state index is 0.211. The molecule has 2 atom stereocenters. The topological polar surface area (TPSA) is 81.7 Å². The first-order valence-corrected chi connectivity index (χ1v) is 7.60. The van der Waals surface area contributed by atoms with Crippen LogP contribution in [-0.2, 0) is 6.54 Å². The maximum atomic E-state index is 5.29. The van der Waals surface area contributed by atoms with Gasteiger partial charge in [-0.05, 0) is 38.5 Å². The highest BCUT2D eigenvalue weighted by Crippen LogP contribution is 2.15. The Labute approximate surface area is 134 Å². The molecule has 7 nitrogen and oxygen atoms in total. The fraction of sp³-hybridized carbons (Fsp3) is 0.375. The summed E-state index contributed by atoms with van der Waals surface area (Å²) in [4.78, 5) is 8.44. The molecule has 0 aliphatic rings. The zero-order valence-electron chi connectivity index (χ0n) is 13.5. The number of nitrogens with one attached hydrogen (secondary N) is 1. The Bertz CT molecular complexity index is 751. The van der Waals surface area contributed by atoms with Crippen molar-refractivity contribution in [1.82, 2.24) is 30.2 Å². The maximum absolute atomic E-state index is 5.29. The van der Waals surface area contributed by atoms with Crippen LogP contribution in [0.2, 0.25) is 0 Å². The van der Waals surface area contributed by atoms with Crippen LogP contribution in [0.5, 0.6) is 0 Å². The van der Waals surface area contributed by atoms with E-state index in [0.717, 1.165) is 11.1 Å². The number of hydrogen-bond donors (Lipinski definition) is 1. The zero-order chi connectivity index (χ0) is 16.2. The predicted molar refractivity (Wildman–Crippen MR) is 85.5 cm³/mol. The van der Waals surface area contributed by atoms with Crippen molar-refractivity contribution in [2.75, 3.05) is 0 Å². The Morgan fingerprint density at radius 3 is 2.87 bits per heavy atom. The number of nitrogens with zero attached hydrogens (tertiary/aromatic N) is 5. The van der Waals surface area contributed by atoms with Crippen LogP contribution in [-0.4, -0.2) is 30.9 Å². The van der Waals surface area contributed by atoms with Gasteiger partial charge in [0.05, 0.1) is 18.8 Å². The van der Waals surface area contributed by atoms with Crippen LogP contribution in [0.15, 0.2) is 41.4 Å². The summed E-state index contributed by atoms with van der Waals surface area (Å²) in [7, 11) is 0. The van der Waals surface area contributed by atoms with Crippen LogP contribution in [0.25, 0.3) is 11.4 Å². The van der Waals surface area contributed by atoms with Gasteiger partial charge >= 0.3 is 0 Å². The van der Waals surface area contributed by atoms with E-state index in [0.29, 0.717) is 18.3 Å². The van der Waals surface area contributed by atoms with Gasteiger partial charge in [-0.2, -0.15) is 10.1 Å². The van der Waals surface area contributed by atoms with Gasteiger partial charge in [0.15, 0.2) is 0 Å². The molecule has 3 aromatic rings. The molecule has 0 amide bonds. The monoisotopic (exact) mass is 312 g/mol. The van der Waals surface area contributed by atoms with Crippen molar-refractivity contribution in [2.24, 2.45) is 0 Å². The highest BCUT2D eigenvalue weighted by atomic mass is 16.5. The molecule has 0 aliphatic carbocycles. The molecule has 23 heavy (non-hydrogen) atoms. The summed E-state index contributed by atoms with van der Waals surface area (Å²) in [5.74, 6) is 1.11. The van der Waals surface area contributed by atoms with Crippen LogP contribution in [0.3, 0.4) is 0 Å². The van der Waals surface area contributed by atoms with Gasteiger partial charge in [0.2, 0.25) is 11.7 Å². The average molecular weight is 312 g/mol. The number of aryl methyl sites for hydroxylation is 1. The smallest absolute Gasteiger partial charge is 0.240 e. The standard InChI is InChI=1S/C16H20N6O/c1-11-7-19-22(10-11)13(3)12(2)18-9-15-20-16(21-23-15)14-5-4-6-17-8-14/h4-8,10,12-13,18H,9H2,1-3H3. The molecule has 0 fully saturated rings. The van der Waals surface area contributed by atoms with E-state index in [9.17, 15) is 0 Å². The van der Waals surface area contributed by atoms with Crippen LogP contribution in [0.1, 0.15) is 31.3 Å². The summed E-state index contributed by atoms with van der Waals surface area (Å²) in [5.41, 5.74) is 2.00. The molecular weight excluding hydrogens is 292 g/mol. The fourth-order valence-electron chi connectivity index (χ4n) is 2.24. The lowest BCUT2D eigenvalue weighted by Gasteiger charge is -2.20. The normalized spacial score (nSPS) is 13.9.